The number of carbonyl (C=O) groups is 1. The summed E-state index contributed by atoms with van der Waals surface area (Å²) in [5, 5.41) is 9.37. The number of phenolic OH excluding ortho intramolecular Hbond substituents is 1. The number of rotatable bonds is 4. The Labute approximate surface area is 95.7 Å². The molecule has 0 fully saturated rings. The van der Waals surface area contributed by atoms with E-state index in [0.29, 0.717) is 18.8 Å². The topological polar surface area (TPSA) is 66.6 Å². The Morgan fingerprint density at radius 3 is 2.75 bits per heavy atom. The lowest BCUT2D eigenvalue weighted by molar-refractivity contribution is -0.121. The number of aromatic hydroxyl groups is 1. The molecule has 3 N–H and O–H groups in total. The second-order valence-corrected chi connectivity index (χ2v) is 3.74. The molecule has 0 aliphatic heterocycles. The molecule has 4 heteroatoms. The number of carbonyl (C=O) groups excluding carboxylic acids is 1. The lowest BCUT2D eigenvalue weighted by Crippen LogP contribution is -2.37. The molecule has 0 aliphatic carbocycles. The Morgan fingerprint density at radius 1 is 1.56 bits per heavy atom. The first kappa shape index (κ1) is 12.5. The minimum Gasteiger partial charge on any atom is -0.508 e. The second-order valence-electron chi connectivity index (χ2n) is 3.74. The largest absolute Gasteiger partial charge is 0.508 e. The highest BCUT2D eigenvalue weighted by Gasteiger charge is 2.19. The van der Waals surface area contributed by atoms with Crippen LogP contribution in [0.3, 0.4) is 0 Å². The van der Waals surface area contributed by atoms with E-state index in [1.807, 2.05) is 6.92 Å². The number of benzene rings is 1. The van der Waals surface area contributed by atoms with Gasteiger partial charge in [0.05, 0.1) is 0 Å². The summed E-state index contributed by atoms with van der Waals surface area (Å²) in [5.41, 5.74) is 6.18. The van der Waals surface area contributed by atoms with Gasteiger partial charge in [-0.15, -0.1) is 0 Å². The molecule has 16 heavy (non-hydrogen) atoms. The SMILES string of the molecule is CCN(C(=O)C(C)CN)c1cccc(O)c1. The Hall–Kier alpha value is -1.55. The Morgan fingerprint density at radius 2 is 2.25 bits per heavy atom. The van der Waals surface area contributed by atoms with Crippen molar-refractivity contribution in [3.05, 3.63) is 24.3 Å². The summed E-state index contributed by atoms with van der Waals surface area (Å²) in [6.07, 6.45) is 0. The monoisotopic (exact) mass is 222 g/mol. The van der Waals surface area contributed by atoms with Gasteiger partial charge in [-0.3, -0.25) is 4.79 Å². The van der Waals surface area contributed by atoms with Crippen molar-refractivity contribution in [1.82, 2.24) is 0 Å². The zero-order chi connectivity index (χ0) is 12.1. The Bertz CT molecular complexity index is 366. The van der Waals surface area contributed by atoms with Gasteiger partial charge in [-0.25, -0.2) is 0 Å². The smallest absolute Gasteiger partial charge is 0.231 e. The van der Waals surface area contributed by atoms with Crippen molar-refractivity contribution in [1.29, 1.82) is 0 Å². The van der Waals surface area contributed by atoms with Crippen LogP contribution in [0.2, 0.25) is 0 Å². The summed E-state index contributed by atoms with van der Waals surface area (Å²) < 4.78 is 0. The average Bonchev–Trinajstić information content (AvgIpc) is 2.29. The highest BCUT2D eigenvalue weighted by molar-refractivity contribution is 5.95. The van der Waals surface area contributed by atoms with Crippen LogP contribution in [0.1, 0.15) is 13.8 Å². The molecule has 0 saturated heterocycles. The maximum atomic E-state index is 12.0. The van der Waals surface area contributed by atoms with Gasteiger partial charge in [-0.05, 0) is 19.1 Å². The summed E-state index contributed by atoms with van der Waals surface area (Å²) in [6.45, 7) is 4.58. The van der Waals surface area contributed by atoms with Crippen LogP contribution in [-0.4, -0.2) is 24.1 Å². The zero-order valence-corrected chi connectivity index (χ0v) is 9.68. The molecule has 0 bridgehead atoms. The Balaban J connectivity index is 2.94. The normalized spacial score (nSPS) is 12.2. The molecule has 1 aromatic carbocycles. The molecule has 0 heterocycles. The number of hydrogen-bond donors (Lipinski definition) is 2. The highest BCUT2D eigenvalue weighted by atomic mass is 16.3. The van der Waals surface area contributed by atoms with Crippen LogP contribution in [0.4, 0.5) is 5.69 Å². The van der Waals surface area contributed by atoms with Crippen LogP contribution in [0.25, 0.3) is 0 Å². The summed E-state index contributed by atoms with van der Waals surface area (Å²) in [4.78, 5) is 13.6. The van der Waals surface area contributed by atoms with E-state index in [0.717, 1.165) is 0 Å². The molecular weight excluding hydrogens is 204 g/mol. The minimum atomic E-state index is -0.206. The van der Waals surface area contributed by atoms with Gasteiger partial charge in [0.15, 0.2) is 0 Å². The molecule has 0 aliphatic rings. The van der Waals surface area contributed by atoms with Crippen LogP contribution >= 0.6 is 0 Å². The number of amides is 1. The van der Waals surface area contributed by atoms with Crippen molar-refractivity contribution in [2.24, 2.45) is 11.7 Å². The predicted molar refractivity (Wildman–Crippen MR) is 64.4 cm³/mol. The molecule has 1 atom stereocenters. The van der Waals surface area contributed by atoms with Gasteiger partial charge >= 0.3 is 0 Å². The minimum absolute atomic E-state index is 0.0180. The number of nitrogens with two attached hydrogens (primary N) is 1. The molecule has 1 aromatic rings. The summed E-state index contributed by atoms with van der Waals surface area (Å²) in [5.74, 6) is -0.0675. The van der Waals surface area contributed by atoms with Crippen molar-refractivity contribution in [3.8, 4) is 5.75 Å². The van der Waals surface area contributed by atoms with E-state index in [9.17, 15) is 9.90 Å². The third-order valence-electron chi connectivity index (χ3n) is 2.50. The number of anilines is 1. The Kier molecular flexibility index (Phi) is 4.31. The van der Waals surface area contributed by atoms with E-state index in [1.165, 1.54) is 0 Å². The fourth-order valence-electron chi connectivity index (χ4n) is 1.49. The lowest BCUT2D eigenvalue weighted by atomic mass is 10.1. The van der Waals surface area contributed by atoms with E-state index in [1.54, 1.807) is 36.1 Å². The molecule has 1 unspecified atom stereocenters. The van der Waals surface area contributed by atoms with Gasteiger partial charge in [0, 0.05) is 30.8 Å². The first-order valence-electron chi connectivity index (χ1n) is 5.40. The summed E-state index contributed by atoms with van der Waals surface area (Å²) in [7, 11) is 0. The van der Waals surface area contributed by atoms with Crippen molar-refractivity contribution < 1.29 is 9.90 Å². The van der Waals surface area contributed by atoms with Gasteiger partial charge in [-0.1, -0.05) is 13.0 Å². The fourth-order valence-corrected chi connectivity index (χ4v) is 1.49. The molecule has 4 nitrogen and oxygen atoms in total. The van der Waals surface area contributed by atoms with E-state index < -0.39 is 0 Å². The standard InChI is InChI=1S/C12H18N2O2/c1-3-14(12(16)9(2)8-13)10-5-4-6-11(15)7-10/h4-7,9,15H,3,8,13H2,1-2H3. The average molecular weight is 222 g/mol. The van der Waals surface area contributed by atoms with Gasteiger partial charge in [-0.2, -0.15) is 0 Å². The number of hydrogen-bond acceptors (Lipinski definition) is 3. The molecule has 0 radical (unpaired) electrons. The molecular formula is C12H18N2O2. The van der Waals surface area contributed by atoms with Crippen molar-refractivity contribution >= 4 is 11.6 Å². The maximum Gasteiger partial charge on any atom is 0.231 e. The van der Waals surface area contributed by atoms with Gasteiger partial charge in [0.25, 0.3) is 0 Å². The van der Waals surface area contributed by atoms with E-state index >= 15 is 0 Å². The second kappa shape index (κ2) is 5.51. The highest BCUT2D eigenvalue weighted by Crippen LogP contribution is 2.21. The van der Waals surface area contributed by atoms with Crippen LogP contribution < -0.4 is 10.6 Å². The molecule has 0 spiro atoms. The van der Waals surface area contributed by atoms with Crippen LogP contribution in [-0.2, 0) is 4.79 Å². The van der Waals surface area contributed by atoms with Crippen molar-refractivity contribution in [3.63, 3.8) is 0 Å². The van der Waals surface area contributed by atoms with Crippen LogP contribution in [0, 0.1) is 5.92 Å². The van der Waals surface area contributed by atoms with Crippen molar-refractivity contribution in [2.75, 3.05) is 18.0 Å². The van der Waals surface area contributed by atoms with E-state index in [2.05, 4.69) is 0 Å². The third kappa shape index (κ3) is 2.73. The van der Waals surface area contributed by atoms with E-state index in [4.69, 9.17) is 5.73 Å². The fraction of sp³-hybridized carbons (Fsp3) is 0.417. The van der Waals surface area contributed by atoms with Gasteiger partial charge in [0.2, 0.25) is 5.91 Å². The molecule has 1 rings (SSSR count). The van der Waals surface area contributed by atoms with E-state index in [-0.39, 0.29) is 17.6 Å². The van der Waals surface area contributed by atoms with Crippen LogP contribution in [0.5, 0.6) is 5.75 Å². The van der Waals surface area contributed by atoms with Crippen molar-refractivity contribution in [2.45, 2.75) is 13.8 Å². The molecule has 0 saturated carbocycles. The first-order chi connectivity index (χ1) is 7.60. The lowest BCUT2D eigenvalue weighted by Gasteiger charge is -2.24. The number of nitrogens with zero attached hydrogens (tertiary/aromatic N) is 1. The molecule has 88 valence electrons. The van der Waals surface area contributed by atoms with Gasteiger partial charge < -0.3 is 15.7 Å². The predicted octanol–water partition coefficient (Wildman–Crippen LogP) is 1.34. The summed E-state index contributed by atoms with van der Waals surface area (Å²) in [6, 6.07) is 6.66. The quantitative estimate of drug-likeness (QED) is 0.808. The third-order valence-corrected chi connectivity index (χ3v) is 2.50. The first-order valence-corrected chi connectivity index (χ1v) is 5.40. The maximum absolute atomic E-state index is 12.0. The summed E-state index contributed by atoms with van der Waals surface area (Å²) >= 11 is 0. The van der Waals surface area contributed by atoms with Gasteiger partial charge in [0.1, 0.15) is 5.75 Å². The molecule has 1 amide bonds. The zero-order valence-electron chi connectivity index (χ0n) is 9.68. The number of phenols is 1. The molecule has 0 aromatic heterocycles. The van der Waals surface area contributed by atoms with Crippen LogP contribution in [0.15, 0.2) is 24.3 Å².